The Bertz CT molecular complexity index is 1200. The molecule has 0 saturated carbocycles. The summed E-state index contributed by atoms with van der Waals surface area (Å²) < 4.78 is 34.7. The number of amides is 1. The summed E-state index contributed by atoms with van der Waals surface area (Å²) in [4.78, 5) is 12.7. The number of hydrogen-bond donors (Lipinski definition) is 2. The van der Waals surface area contributed by atoms with Crippen LogP contribution in [0.25, 0.3) is 0 Å². The molecule has 0 aromatic heterocycles. The number of carbonyl (C=O) groups excluding carboxylic acids is 1. The van der Waals surface area contributed by atoms with Crippen LogP contribution >= 0.6 is 15.9 Å². The fraction of sp³-hybridized carbons (Fsp3) is 0.269. The smallest absolute Gasteiger partial charge is 0.262 e. The third-order valence-corrected chi connectivity index (χ3v) is 7.44. The van der Waals surface area contributed by atoms with E-state index in [2.05, 4.69) is 26.0 Å². The van der Waals surface area contributed by atoms with E-state index in [1.54, 1.807) is 19.1 Å². The Balaban J connectivity index is 1.61. The molecule has 0 unspecified atom stereocenters. The number of aryl methyl sites for hydroxylation is 2. The van der Waals surface area contributed by atoms with Crippen LogP contribution in [0, 0.1) is 0 Å². The molecule has 0 saturated heterocycles. The molecule has 2 N–H and O–H groups in total. The maximum Gasteiger partial charge on any atom is 0.262 e. The summed E-state index contributed by atoms with van der Waals surface area (Å²) in [5, 5.41) is 2.96. The number of ether oxygens (including phenoxy) is 1. The number of hydrogen-bond acceptors (Lipinski definition) is 4. The molecule has 0 bridgehead atoms. The van der Waals surface area contributed by atoms with E-state index in [9.17, 15) is 13.2 Å². The van der Waals surface area contributed by atoms with Gasteiger partial charge in [0, 0.05) is 16.2 Å². The molecule has 0 spiro atoms. The number of anilines is 1. The summed E-state index contributed by atoms with van der Waals surface area (Å²) in [5.74, 6) is 0.134. The summed E-state index contributed by atoms with van der Waals surface area (Å²) in [6.45, 7) is 5.69. The number of halogens is 1. The Hall–Kier alpha value is -2.68. The first-order chi connectivity index (χ1) is 16.2. The Morgan fingerprint density at radius 1 is 0.971 bits per heavy atom. The monoisotopic (exact) mass is 544 g/mol. The molecule has 0 aliphatic heterocycles. The zero-order valence-electron chi connectivity index (χ0n) is 19.5. The molecule has 1 amide bonds. The van der Waals surface area contributed by atoms with E-state index in [1.165, 1.54) is 12.1 Å². The molecular formula is C26H29BrN2O4S. The second-order valence-corrected chi connectivity index (χ2v) is 10.5. The molecule has 0 aliphatic carbocycles. The first-order valence-corrected chi connectivity index (χ1v) is 13.4. The van der Waals surface area contributed by atoms with E-state index in [0.717, 1.165) is 39.7 Å². The van der Waals surface area contributed by atoms with Gasteiger partial charge in [-0.1, -0.05) is 60.1 Å². The molecular weight excluding hydrogens is 516 g/mol. The van der Waals surface area contributed by atoms with E-state index in [0.29, 0.717) is 5.75 Å². The molecule has 8 heteroatoms. The molecule has 0 heterocycles. The summed E-state index contributed by atoms with van der Waals surface area (Å²) in [7, 11) is -3.70. The van der Waals surface area contributed by atoms with Crippen molar-refractivity contribution in [3.8, 4) is 5.75 Å². The van der Waals surface area contributed by atoms with Crippen molar-refractivity contribution in [2.24, 2.45) is 0 Å². The van der Waals surface area contributed by atoms with Gasteiger partial charge in [0.15, 0.2) is 6.61 Å². The van der Waals surface area contributed by atoms with Crippen LogP contribution in [0.2, 0.25) is 0 Å². The minimum Gasteiger partial charge on any atom is -0.484 e. The molecule has 0 fully saturated rings. The maximum atomic E-state index is 12.7. The van der Waals surface area contributed by atoms with Gasteiger partial charge in [-0.15, -0.1) is 0 Å². The second kappa shape index (κ2) is 11.6. The van der Waals surface area contributed by atoms with Crippen LogP contribution in [0.15, 0.2) is 76.1 Å². The Morgan fingerprint density at radius 3 is 2.12 bits per heavy atom. The number of rotatable bonds is 10. The molecule has 0 radical (unpaired) electrons. The number of carbonyl (C=O) groups is 1. The molecule has 34 heavy (non-hydrogen) atoms. The third-order valence-electron chi connectivity index (χ3n) is 5.43. The van der Waals surface area contributed by atoms with Crippen LogP contribution in [0.5, 0.6) is 5.75 Å². The van der Waals surface area contributed by atoms with Crippen molar-refractivity contribution in [2.75, 3.05) is 11.9 Å². The van der Waals surface area contributed by atoms with Crippen molar-refractivity contribution in [1.29, 1.82) is 0 Å². The van der Waals surface area contributed by atoms with Gasteiger partial charge in [0.1, 0.15) is 5.75 Å². The zero-order chi connectivity index (χ0) is 24.7. The average molecular weight is 545 g/mol. The number of sulfonamides is 1. The van der Waals surface area contributed by atoms with Crippen molar-refractivity contribution >= 4 is 37.5 Å². The standard InChI is InChI=1S/C26H29BrN2O4S/c1-4-19-15-22(27)16-20(5-2)26(19)28-25(30)17-33-23-11-13-24(14-12-23)34(31,32)29-18(3)21-9-7-6-8-10-21/h6-16,18,29H,4-5,17H2,1-3H3,(H,28,30)/t18-/m0/s1. The van der Waals surface area contributed by atoms with Crippen molar-refractivity contribution in [1.82, 2.24) is 4.72 Å². The lowest BCUT2D eigenvalue weighted by atomic mass is 10.0. The van der Waals surface area contributed by atoms with Gasteiger partial charge in [0.2, 0.25) is 10.0 Å². The summed E-state index contributed by atoms with van der Waals surface area (Å²) in [6.07, 6.45) is 1.57. The van der Waals surface area contributed by atoms with E-state index >= 15 is 0 Å². The van der Waals surface area contributed by atoms with Crippen LogP contribution in [0.4, 0.5) is 5.69 Å². The molecule has 3 aromatic carbocycles. The maximum absolute atomic E-state index is 12.7. The van der Waals surface area contributed by atoms with Gasteiger partial charge in [-0.3, -0.25) is 4.79 Å². The van der Waals surface area contributed by atoms with Gasteiger partial charge < -0.3 is 10.1 Å². The van der Waals surface area contributed by atoms with Crippen molar-refractivity contribution in [3.63, 3.8) is 0 Å². The molecule has 3 aromatic rings. The zero-order valence-corrected chi connectivity index (χ0v) is 21.9. The Morgan fingerprint density at radius 2 is 1.56 bits per heavy atom. The second-order valence-electron chi connectivity index (χ2n) is 7.87. The van der Waals surface area contributed by atoms with Gasteiger partial charge >= 0.3 is 0 Å². The largest absolute Gasteiger partial charge is 0.484 e. The average Bonchev–Trinajstić information content (AvgIpc) is 2.84. The van der Waals surface area contributed by atoms with Gasteiger partial charge in [-0.2, -0.15) is 0 Å². The summed E-state index contributed by atoms with van der Waals surface area (Å²) >= 11 is 3.52. The van der Waals surface area contributed by atoms with Crippen molar-refractivity contribution < 1.29 is 17.9 Å². The predicted molar refractivity (Wildman–Crippen MR) is 139 cm³/mol. The topological polar surface area (TPSA) is 84.5 Å². The predicted octanol–water partition coefficient (Wildman–Crippen LogP) is 5.63. The highest BCUT2D eigenvalue weighted by Crippen LogP contribution is 2.27. The van der Waals surface area contributed by atoms with Gasteiger partial charge in [0.05, 0.1) is 4.90 Å². The first kappa shape index (κ1) is 25.9. The van der Waals surface area contributed by atoms with Crippen LogP contribution < -0.4 is 14.8 Å². The Labute approximate surface area is 209 Å². The molecule has 0 aliphatic rings. The van der Waals surface area contributed by atoms with Gasteiger partial charge in [-0.05, 0) is 72.9 Å². The fourth-order valence-corrected chi connectivity index (χ4v) is 5.38. The molecule has 3 rings (SSSR count). The highest BCUT2D eigenvalue weighted by atomic mass is 79.9. The first-order valence-electron chi connectivity index (χ1n) is 11.1. The molecule has 6 nitrogen and oxygen atoms in total. The molecule has 180 valence electrons. The highest BCUT2D eigenvalue weighted by Gasteiger charge is 2.18. The van der Waals surface area contributed by atoms with Crippen molar-refractivity contribution in [2.45, 2.75) is 44.6 Å². The lowest BCUT2D eigenvalue weighted by Crippen LogP contribution is -2.26. The highest BCUT2D eigenvalue weighted by molar-refractivity contribution is 9.10. The normalized spacial score (nSPS) is 12.2. The van der Waals surface area contributed by atoms with E-state index in [-0.39, 0.29) is 23.5 Å². The Kier molecular flexibility index (Phi) is 8.88. The van der Waals surface area contributed by atoms with Gasteiger partial charge in [-0.25, -0.2) is 13.1 Å². The third kappa shape index (κ3) is 6.68. The number of nitrogens with one attached hydrogen (secondary N) is 2. The van der Waals surface area contributed by atoms with Crippen LogP contribution in [0.1, 0.15) is 43.5 Å². The summed E-state index contributed by atoms with van der Waals surface area (Å²) in [6, 6.07) is 19.0. The number of benzene rings is 3. The van der Waals surface area contributed by atoms with Crippen LogP contribution in [0.3, 0.4) is 0 Å². The SMILES string of the molecule is CCc1cc(Br)cc(CC)c1NC(=O)COc1ccc(S(=O)(=O)N[C@@H](C)c2ccccc2)cc1. The fourth-order valence-electron chi connectivity index (χ4n) is 3.59. The van der Waals surface area contributed by atoms with Crippen LogP contribution in [-0.4, -0.2) is 20.9 Å². The van der Waals surface area contributed by atoms with E-state index in [1.807, 2.05) is 56.3 Å². The minimum absolute atomic E-state index is 0.127. The summed E-state index contributed by atoms with van der Waals surface area (Å²) in [5.41, 5.74) is 3.79. The quantitative estimate of drug-likeness (QED) is 0.346. The molecule has 1 atom stereocenters. The van der Waals surface area contributed by atoms with E-state index < -0.39 is 10.0 Å². The minimum atomic E-state index is -3.70. The van der Waals surface area contributed by atoms with Crippen molar-refractivity contribution in [3.05, 3.63) is 87.9 Å². The lowest BCUT2D eigenvalue weighted by molar-refractivity contribution is -0.118. The lowest BCUT2D eigenvalue weighted by Gasteiger charge is -2.16. The van der Waals surface area contributed by atoms with E-state index in [4.69, 9.17) is 4.74 Å². The van der Waals surface area contributed by atoms with Gasteiger partial charge in [0.25, 0.3) is 5.91 Å². The van der Waals surface area contributed by atoms with Crippen LogP contribution in [-0.2, 0) is 27.7 Å².